The molecule has 0 bridgehead atoms. The zero-order valence-electron chi connectivity index (χ0n) is 13.4. The van der Waals surface area contributed by atoms with Crippen molar-refractivity contribution >= 4 is 11.7 Å². The average molecular weight is 294 g/mol. The van der Waals surface area contributed by atoms with E-state index in [9.17, 15) is 4.79 Å². The molecule has 1 amide bonds. The van der Waals surface area contributed by atoms with E-state index in [4.69, 9.17) is 5.11 Å². The van der Waals surface area contributed by atoms with Gasteiger partial charge in [-0.25, -0.2) is 0 Å². The van der Waals surface area contributed by atoms with Crippen LogP contribution in [0.25, 0.3) is 0 Å². The summed E-state index contributed by atoms with van der Waals surface area (Å²) in [5.74, 6) is 0.543. The van der Waals surface area contributed by atoms with Gasteiger partial charge in [0.2, 0.25) is 5.91 Å². The number of aryl methyl sites for hydroxylation is 1. The summed E-state index contributed by atoms with van der Waals surface area (Å²) >= 11 is 0. The lowest BCUT2D eigenvalue weighted by Gasteiger charge is -2.18. The van der Waals surface area contributed by atoms with E-state index in [1.165, 1.54) is 0 Å². The second kappa shape index (κ2) is 7.38. The summed E-state index contributed by atoms with van der Waals surface area (Å²) in [6, 6.07) is 1.89. The van der Waals surface area contributed by atoms with Crippen LogP contribution in [0, 0.1) is 0 Å². The van der Waals surface area contributed by atoms with Crippen molar-refractivity contribution in [3.8, 4) is 0 Å². The number of nitrogens with one attached hydrogen (secondary N) is 1. The summed E-state index contributed by atoms with van der Waals surface area (Å²) in [6.45, 7) is 11.1. The van der Waals surface area contributed by atoms with Gasteiger partial charge in [0, 0.05) is 31.6 Å². The minimum atomic E-state index is -0.131. The highest BCUT2D eigenvalue weighted by molar-refractivity contribution is 5.91. The first-order chi connectivity index (χ1) is 9.77. The number of amides is 1. The van der Waals surface area contributed by atoms with Gasteiger partial charge in [-0.3, -0.25) is 14.4 Å². The second-order valence-corrected chi connectivity index (χ2v) is 6.08. The number of rotatable bonds is 7. The first kappa shape index (κ1) is 17.4. The van der Waals surface area contributed by atoms with Crippen molar-refractivity contribution < 1.29 is 9.90 Å². The Hall–Kier alpha value is -1.66. The molecular weight excluding hydrogens is 268 g/mol. The maximum Gasteiger partial charge on any atom is 0.239 e. The van der Waals surface area contributed by atoms with E-state index < -0.39 is 0 Å². The van der Waals surface area contributed by atoms with Crippen LogP contribution in [-0.2, 0) is 17.3 Å². The molecular formula is C15H26N4O2. The molecule has 6 nitrogen and oxygen atoms in total. The van der Waals surface area contributed by atoms with Crippen molar-refractivity contribution in [3.63, 3.8) is 0 Å². The normalized spacial score (nSPS) is 11.7. The van der Waals surface area contributed by atoms with Gasteiger partial charge in [0.1, 0.15) is 5.82 Å². The Bertz CT molecular complexity index is 488. The van der Waals surface area contributed by atoms with Crippen molar-refractivity contribution in [1.82, 2.24) is 14.7 Å². The summed E-state index contributed by atoms with van der Waals surface area (Å²) in [5.41, 5.74) is 0.866. The molecule has 0 saturated carbocycles. The maximum atomic E-state index is 12.1. The van der Waals surface area contributed by atoms with Crippen LogP contribution in [0.1, 0.15) is 26.5 Å². The predicted molar refractivity (Wildman–Crippen MR) is 84.3 cm³/mol. The molecule has 2 N–H and O–H groups in total. The summed E-state index contributed by atoms with van der Waals surface area (Å²) < 4.78 is 1.67. The molecule has 0 fully saturated rings. The Morgan fingerprint density at radius 3 is 2.71 bits per heavy atom. The van der Waals surface area contributed by atoms with Gasteiger partial charge in [-0.2, -0.15) is 5.10 Å². The van der Waals surface area contributed by atoms with Gasteiger partial charge in [0.05, 0.1) is 18.8 Å². The smallest absolute Gasteiger partial charge is 0.239 e. The highest BCUT2D eigenvalue weighted by Gasteiger charge is 2.20. The van der Waals surface area contributed by atoms with Gasteiger partial charge in [-0.05, 0) is 0 Å². The van der Waals surface area contributed by atoms with Crippen LogP contribution in [0.3, 0.4) is 0 Å². The van der Waals surface area contributed by atoms with Crippen LogP contribution in [0.4, 0.5) is 5.82 Å². The number of hydrogen-bond acceptors (Lipinski definition) is 4. The number of anilines is 1. The van der Waals surface area contributed by atoms with Crippen LogP contribution < -0.4 is 5.32 Å². The van der Waals surface area contributed by atoms with E-state index >= 15 is 0 Å². The molecule has 1 rings (SSSR count). The standard InChI is InChI=1S/C15H26N4O2/c1-6-7-19(8-9-20)11-14(21)16-13-10-12(15(2,3)4)17-18(13)5/h6,10,20H,1,7-9,11H2,2-5H3,(H,16,21). The highest BCUT2D eigenvalue weighted by Crippen LogP contribution is 2.23. The maximum absolute atomic E-state index is 12.1. The molecule has 0 unspecified atom stereocenters. The third kappa shape index (κ3) is 5.32. The summed E-state index contributed by atoms with van der Waals surface area (Å²) in [5, 5.41) is 16.3. The van der Waals surface area contributed by atoms with Crippen molar-refractivity contribution in [2.45, 2.75) is 26.2 Å². The molecule has 21 heavy (non-hydrogen) atoms. The Kier molecular flexibility index (Phi) is 6.11. The van der Waals surface area contributed by atoms with Crippen molar-refractivity contribution in [1.29, 1.82) is 0 Å². The topological polar surface area (TPSA) is 70.4 Å². The van der Waals surface area contributed by atoms with Gasteiger partial charge >= 0.3 is 0 Å². The number of hydrogen-bond donors (Lipinski definition) is 2. The number of aliphatic hydroxyl groups excluding tert-OH is 1. The minimum absolute atomic E-state index is 0.0149. The molecule has 6 heteroatoms. The zero-order chi connectivity index (χ0) is 16.0. The lowest BCUT2D eigenvalue weighted by molar-refractivity contribution is -0.117. The molecule has 1 aromatic rings. The molecule has 0 aliphatic heterocycles. The molecule has 0 atom stereocenters. The summed E-state index contributed by atoms with van der Waals surface area (Å²) in [6.07, 6.45) is 1.71. The molecule has 0 aromatic carbocycles. The number of nitrogens with zero attached hydrogens (tertiary/aromatic N) is 3. The zero-order valence-corrected chi connectivity index (χ0v) is 13.4. The summed E-state index contributed by atoms with van der Waals surface area (Å²) in [7, 11) is 1.81. The monoisotopic (exact) mass is 294 g/mol. The fraction of sp³-hybridized carbons (Fsp3) is 0.600. The second-order valence-electron chi connectivity index (χ2n) is 6.08. The van der Waals surface area contributed by atoms with E-state index in [0.29, 0.717) is 18.9 Å². The van der Waals surface area contributed by atoms with Crippen molar-refractivity contribution in [2.24, 2.45) is 7.05 Å². The lowest BCUT2D eigenvalue weighted by Crippen LogP contribution is -2.35. The van der Waals surface area contributed by atoms with Crippen LogP contribution in [-0.4, -0.2) is 51.9 Å². The molecule has 0 aliphatic carbocycles. The number of carbonyl (C=O) groups is 1. The Balaban J connectivity index is 2.70. The van der Waals surface area contributed by atoms with E-state index in [1.54, 1.807) is 17.8 Å². The van der Waals surface area contributed by atoms with Gasteiger partial charge in [0.25, 0.3) is 0 Å². The van der Waals surface area contributed by atoms with Gasteiger partial charge < -0.3 is 10.4 Å². The third-order valence-corrected chi connectivity index (χ3v) is 3.09. The number of aromatic nitrogens is 2. The molecule has 0 aliphatic rings. The van der Waals surface area contributed by atoms with E-state index in [2.05, 4.69) is 37.8 Å². The molecule has 0 radical (unpaired) electrons. The van der Waals surface area contributed by atoms with Gasteiger partial charge in [-0.1, -0.05) is 26.8 Å². The van der Waals surface area contributed by atoms with Crippen LogP contribution in [0.2, 0.25) is 0 Å². The fourth-order valence-electron chi connectivity index (χ4n) is 1.90. The van der Waals surface area contributed by atoms with E-state index in [0.717, 1.165) is 5.69 Å². The largest absolute Gasteiger partial charge is 0.395 e. The Morgan fingerprint density at radius 2 is 2.24 bits per heavy atom. The highest BCUT2D eigenvalue weighted by atomic mass is 16.3. The molecule has 0 spiro atoms. The summed E-state index contributed by atoms with van der Waals surface area (Å²) in [4.78, 5) is 13.9. The van der Waals surface area contributed by atoms with E-state index in [-0.39, 0.29) is 24.5 Å². The van der Waals surface area contributed by atoms with Crippen LogP contribution >= 0.6 is 0 Å². The first-order valence-electron chi connectivity index (χ1n) is 7.06. The van der Waals surface area contributed by atoms with Gasteiger partial charge in [-0.15, -0.1) is 6.58 Å². The predicted octanol–water partition coefficient (Wildman–Crippen LogP) is 1.14. The Labute approximate surface area is 126 Å². The minimum Gasteiger partial charge on any atom is -0.395 e. The quantitative estimate of drug-likeness (QED) is 0.740. The molecule has 0 saturated heterocycles. The van der Waals surface area contributed by atoms with E-state index in [1.807, 2.05) is 11.0 Å². The first-order valence-corrected chi connectivity index (χ1v) is 7.06. The third-order valence-electron chi connectivity index (χ3n) is 3.09. The molecule has 1 heterocycles. The molecule has 118 valence electrons. The van der Waals surface area contributed by atoms with Crippen molar-refractivity contribution in [3.05, 3.63) is 24.4 Å². The lowest BCUT2D eigenvalue weighted by atomic mass is 9.92. The van der Waals surface area contributed by atoms with Gasteiger partial charge in [0.15, 0.2) is 0 Å². The van der Waals surface area contributed by atoms with Crippen LogP contribution in [0.5, 0.6) is 0 Å². The van der Waals surface area contributed by atoms with Crippen molar-refractivity contribution in [2.75, 3.05) is 31.6 Å². The number of aliphatic hydroxyl groups is 1. The average Bonchev–Trinajstić information content (AvgIpc) is 2.71. The van der Waals surface area contributed by atoms with Crippen LogP contribution in [0.15, 0.2) is 18.7 Å². The number of carbonyl (C=O) groups excluding carboxylic acids is 1. The fourth-order valence-corrected chi connectivity index (χ4v) is 1.90. The SMILES string of the molecule is C=CCN(CCO)CC(=O)Nc1cc(C(C)(C)C)nn1C. The Morgan fingerprint density at radius 1 is 1.57 bits per heavy atom. The molecule has 1 aromatic heterocycles.